The van der Waals surface area contributed by atoms with Gasteiger partial charge < -0.3 is 5.32 Å². The molecule has 2 aromatic rings. The summed E-state index contributed by atoms with van der Waals surface area (Å²) in [6.07, 6.45) is 2.12. The highest BCUT2D eigenvalue weighted by atomic mass is 35.5. The van der Waals surface area contributed by atoms with Crippen molar-refractivity contribution in [3.8, 4) is 0 Å². The summed E-state index contributed by atoms with van der Waals surface area (Å²) in [5, 5.41) is 5.11. The van der Waals surface area contributed by atoms with Gasteiger partial charge in [0.25, 0.3) is 0 Å². The quantitative estimate of drug-likeness (QED) is 0.895. The number of rotatable bonds is 4. The summed E-state index contributed by atoms with van der Waals surface area (Å²) in [5.41, 5.74) is 1.00. The lowest BCUT2D eigenvalue weighted by molar-refractivity contribution is 0.752. The fraction of sp³-hybridized carbons (Fsp3) is 0.417. The van der Waals surface area contributed by atoms with Gasteiger partial charge in [-0.05, 0) is 38.3 Å². The first-order chi connectivity index (χ1) is 8.00. The Morgan fingerprint density at radius 3 is 2.94 bits per heavy atom. The molecule has 1 aromatic carbocycles. The van der Waals surface area contributed by atoms with Crippen LogP contribution >= 0.6 is 34.7 Å². The van der Waals surface area contributed by atoms with E-state index in [1.807, 2.05) is 30.0 Å². The van der Waals surface area contributed by atoms with Crippen molar-refractivity contribution in [1.82, 2.24) is 4.98 Å². The molecule has 0 aliphatic rings. The molecule has 1 aromatic heterocycles. The zero-order valence-electron chi connectivity index (χ0n) is 10.1. The Balaban J connectivity index is 2.15. The van der Waals surface area contributed by atoms with Crippen LogP contribution in [0.1, 0.15) is 13.8 Å². The average Bonchev–Trinajstić information content (AvgIpc) is 2.68. The number of nitrogens with zero attached hydrogens (tertiary/aromatic N) is 1. The number of hydrogen-bond acceptors (Lipinski definition) is 4. The van der Waals surface area contributed by atoms with Crippen LogP contribution in [-0.2, 0) is 0 Å². The minimum absolute atomic E-state index is 0.218. The highest BCUT2D eigenvalue weighted by Crippen LogP contribution is 2.29. The predicted molar refractivity (Wildman–Crippen MR) is 80.7 cm³/mol. The number of nitrogens with one attached hydrogen (secondary N) is 1. The lowest BCUT2D eigenvalue weighted by Crippen LogP contribution is -2.25. The van der Waals surface area contributed by atoms with E-state index >= 15 is 0 Å². The summed E-state index contributed by atoms with van der Waals surface area (Å²) in [4.78, 5) is 4.53. The summed E-state index contributed by atoms with van der Waals surface area (Å²) in [7, 11) is 0. The van der Waals surface area contributed by atoms with Crippen LogP contribution in [0.3, 0.4) is 0 Å². The Labute approximate surface area is 115 Å². The van der Waals surface area contributed by atoms with Crippen molar-refractivity contribution in [2.24, 2.45) is 0 Å². The third-order valence-electron chi connectivity index (χ3n) is 2.57. The van der Waals surface area contributed by atoms with Gasteiger partial charge in [0, 0.05) is 16.3 Å². The molecule has 1 heterocycles. The molecule has 0 spiro atoms. The van der Waals surface area contributed by atoms with E-state index in [-0.39, 0.29) is 4.75 Å². The highest BCUT2D eigenvalue weighted by Gasteiger charge is 2.16. The molecule has 0 aliphatic carbocycles. The molecule has 0 amide bonds. The lowest BCUT2D eigenvalue weighted by atomic mass is 10.2. The van der Waals surface area contributed by atoms with Crippen molar-refractivity contribution in [3.05, 3.63) is 23.2 Å². The van der Waals surface area contributed by atoms with E-state index in [1.54, 1.807) is 11.3 Å². The largest absolute Gasteiger partial charge is 0.360 e. The molecule has 0 fully saturated rings. The molecule has 2 nitrogen and oxygen atoms in total. The number of benzene rings is 1. The first-order valence-corrected chi connectivity index (χ1v) is 7.77. The second-order valence-electron chi connectivity index (χ2n) is 4.45. The SMILES string of the molecule is CSC(C)(C)CNc1nc2ccc(Cl)cc2s1. The number of fused-ring (bicyclic) bond motifs is 1. The highest BCUT2D eigenvalue weighted by molar-refractivity contribution is 7.99. The zero-order valence-corrected chi connectivity index (χ0v) is 12.5. The van der Waals surface area contributed by atoms with Crippen LogP contribution in [0.5, 0.6) is 0 Å². The standard InChI is InChI=1S/C12H15ClN2S2/c1-12(2,16-3)7-14-11-15-9-5-4-8(13)6-10(9)17-11/h4-6H,7H2,1-3H3,(H,14,15). The van der Waals surface area contributed by atoms with E-state index in [4.69, 9.17) is 11.6 Å². The number of hydrogen-bond donors (Lipinski definition) is 1. The maximum atomic E-state index is 5.96. The third kappa shape index (κ3) is 3.27. The van der Waals surface area contributed by atoms with Crippen molar-refractivity contribution >= 4 is 50.0 Å². The predicted octanol–water partition coefficient (Wildman–Crippen LogP) is 4.50. The van der Waals surface area contributed by atoms with E-state index < -0.39 is 0 Å². The minimum atomic E-state index is 0.218. The van der Waals surface area contributed by atoms with E-state index in [9.17, 15) is 0 Å². The summed E-state index contributed by atoms with van der Waals surface area (Å²) >= 11 is 9.45. The van der Waals surface area contributed by atoms with Crippen LogP contribution in [-0.4, -0.2) is 22.5 Å². The molecule has 0 atom stereocenters. The van der Waals surface area contributed by atoms with Crippen molar-refractivity contribution in [2.75, 3.05) is 18.1 Å². The van der Waals surface area contributed by atoms with Crippen molar-refractivity contribution in [2.45, 2.75) is 18.6 Å². The van der Waals surface area contributed by atoms with Gasteiger partial charge in [-0.1, -0.05) is 22.9 Å². The van der Waals surface area contributed by atoms with Gasteiger partial charge in [-0.25, -0.2) is 4.98 Å². The summed E-state index contributed by atoms with van der Waals surface area (Å²) in [6.45, 7) is 5.34. The van der Waals surface area contributed by atoms with Crippen LogP contribution < -0.4 is 5.32 Å². The molecular formula is C12H15ClN2S2. The van der Waals surface area contributed by atoms with E-state index in [0.717, 1.165) is 26.9 Å². The topological polar surface area (TPSA) is 24.9 Å². The number of thiazole rings is 1. The Morgan fingerprint density at radius 2 is 2.24 bits per heavy atom. The summed E-state index contributed by atoms with van der Waals surface area (Å²) in [6, 6.07) is 5.79. The first kappa shape index (κ1) is 13.0. The van der Waals surface area contributed by atoms with Crippen molar-refractivity contribution in [1.29, 1.82) is 0 Å². The molecule has 1 N–H and O–H groups in total. The zero-order chi connectivity index (χ0) is 12.5. The molecule has 0 saturated carbocycles. The smallest absolute Gasteiger partial charge is 0.183 e. The van der Waals surface area contributed by atoms with Crippen LogP contribution in [0.4, 0.5) is 5.13 Å². The maximum absolute atomic E-state index is 5.96. The van der Waals surface area contributed by atoms with Gasteiger partial charge in [-0.2, -0.15) is 11.8 Å². The van der Waals surface area contributed by atoms with Gasteiger partial charge in [-0.15, -0.1) is 0 Å². The second-order valence-corrected chi connectivity index (χ2v) is 7.43. The van der Waals surface area contributed by atoms with Gasteiger partial charge in [0.05, 0.1) is 10.2 Å². The number of aromatic nitrogens is 1. The molecule has 17 heavy (non-hydrogen) atoms. The number of anilines is 1. The minimum Gasteiger partial charge on any atom is -0.360 e. The van der Waals surface area contributed by atoms with Gasteiger partial charge in [-0.3, -0.25) is 0 Å². The summed E-state index contributed by atoms with van der Waals surface area (Å²) < 4.78 is 1.34. The molecule has 0 aliphatic heterocycles. The van der Waals surface area contributed by atoms with Crippen LogP contribution in [0.2, 0.25) is 5.02 Å². The lowest BCUT2D eigenvalue weighted by Gasteiger charge is -2.21. The molecule has 92 valence electrons. The van der Waals surface area contributed by atoms with Crippen molar-refractivity contribution < 1.29 is 0 Å². The molecule has 0 unspecified atom stereocenters. The maximum Gasteiger partial charge on any atom is 0.183 e. The molecule has 0 saturated heterocycles. The normalized spacial score (nSPS) is 12.0. The monoisotopic (exact) mass is 286 g/mol. The fourth-order valence-corrected chi connectivity index (χ4v) is 2.69. The molecule has 2 rings (SSSR count). The van der Waals surface area contributed by atoms with Gasteiger partial charge in [0.1, 0.15) is 0 Å². The van der Waals surface area contributed by atoms with Crippen LogP contribution in [0, 0.1) is 0 Å². The van der Waals surface area contributed by atoms with Crippen LogP contribution in [0.15, 0.2) is 18.2 Å². The van der Waals surface area contributed by atoms with E-state index in [1.165, 1.54) is 0 Å². The second kappa shape index (κ2) is 5.04. The average molecular weight is 287 g/mol. The third-order valence-corrected chi connectivity index (χ3v) is 5.03. The number of halogens is 1. The van der Waals surface area contributed by atoms with Gasteiger partial charge >= 0.3 is 0 Å². The molecule has 5 heteroatoms. The molecular weight excluding hydrogens is 272 g/mol. The molecule has 0 radical (unpaired) electrons. The summed E-state index contributed by atoms with van der Waals surface area (Å²) in [5.74, 6) is 0. The fourth-order valence-electron chi connectivity index (χ4n) is 1.33. The Bertz CT molecular complexity index is 522. The van der Waals surface area contributed by atoms with Crippen molar-refractivity contribution in [3.63, 3.8) is 0 Å². The number of thioether (sulfide) groups is 1. The Hall–Kier alpha value is -0.450. The Kier molecular flexibility index (Phi) is 3.85. The van der Waals surface area contributed by atoms with Gasteiger partial charge in [0.2, 0.25) is 0 Å². The first-order valence-electron chi connectivity index (χ1n) is 5.35. The van der Waals surface area contributed by atoms with E-state index in [2.05, 4.69) is 30.4 Å². The van der Waals surface area contributed by atoms with Crippen LogP contribution in [0.25, 0.3) is 10.2 Å². The van der Waals surface area contributed by atoms with Gasteiger partial charge in [0.15, 0.2) is 5.13 Å². The van der Waals surface area contributed by atoms with E-state index in [0.29, 0.717) is 0 Å². The molecule has 0 bridgehead atoms. The Morgan fingerprint density at radius 1 is 1.47 bits per heavy atom.